The summed E-state index contributed by atoms with van der Waals surface area (Å²) in [5.41, 5.74) is 1.19. The molecule has 0 saturated heterocycles. The summed E-state index contributed by atoms with van der Waals surface area (Å²) in [6, 6.07) is 20.4. The van der Waals surface area contributed by atoms with Crippen molar-refractivity contribution >= 4 is 33.4 Å². The molecule has 35 heavy (non-hydrogen) atoms. The minimum Gasteiger partial charge on any atom is -0.465 e. The SMILES string of the molecule is COC(=O)c1ccccc1C#CC1=C(c2ccccc2)C(=O)N(S(=O)(=O)c2ccc(C)cc2)C1=O. The summed E-state index contributed by atoms with van der Waals surface area (Å²) in [4.78, 5) is 38.6. The average molecular weight is 486 g/mol. The maximum Gasteiger partial charge on any atom is 0.339 e. The normalized spacial score (nSPS) is 13.5. The Balaban J connectivity index is 1.87. The van der Waals surface area contributed by atoms with Crippen molar-refractivity contribution in [3.8, 4) is 11.8 Å². The highest BCUT2D eigenvalue weighted by Crippen LogP contribution is 2.33. The average Bonchev–Trinajstić information content (AvgIpc) is 3.12. The largest absolute Gasteiger partial charge is 0.465 e. The number of carbonyl (C=O) groups is 3. The van der Waals surface area contributed by atoms with Crippen molar-refractivity contribution in [1.82, 2.24) is 4.31 Å². The van der Waals surface area contributed by atoms with Gasteiger partial charge in [-0.05, 0) is 36.8 Å². The van der Waals surface area contributed by atoms with Gasteiger partial charge >= 0.3 is 5.97 Å². The number of sulfonamides is 1. The van der Waals surface area contributed by atoms with Crippen LogP contribution < -0.4 is 0 Å². The van der Waals surface area contributed by atoms with Crippen LogP contribution in [0.1, 0.15) is 27.0 Å². The second kappa shape index (κ2) is 9.41. The van der Waals surface area contributed by atoms with Gasteiger partial charge < -0.3 is 4.74 Å². The molecule has 0 aromatic heterocycles. The quantitative estimate of drug-likeness (QED) is 0.319. The van der Waals surface area contributed by atoms with Crippen LogP contribution in [0.2, 0.25) is 0 Å². The lowest BCUT2D eigenvalue weighted by molar-refractivity contribution is -0.130. The number of carbonyl (C=O) groups excluding carboxylic acids is 3. The van der Waals surface area contributed by atoms with E-state index in [1.807, 2.05) is 0 Å². The second-order valence-electron chi connectivity index (χ2n) is 7.60. The molecule has 0 atom stereocenters. The fraction of sp³-hybridized carbons (Fsp3) is 0.0741. The Morgan fingerprint density at radius 2 is 1.46 bits per heavy atom. The molecule has 7 nitrogen and oxygen atoms in total. The molecule has 3 aromatic carbocycles. The Kier molecular flexibility index (Phi) is 6.36. The monoisotopic (exact) mass is 485 g/mol. The summed E-state index contributed by atoms with van der Waals surface area (Å²) in [5.74, 6) is 2.72. The highest BCUT2D eigenvalue weighted by atomic mass is 32.2. The fourth-order valence-electron chi connectivity index (χ4n) is 3.54. The van der Waals surface area contributed by atoms with Gasteiger partial charge in [0.2, 0.25) is 0 Å². The van der Waals surface area contributed by atoms with Crippen LogP contribution in [0.25, 0.3) is 5.57 Å². The molecule has 0 unspecified atom stereocenters. The third kappa shape index (κ3) is 4.37. The lowest BCUT2D eigenvalue weighted by Gasteiger charge is -2.15. The third-order valence-electron chi connectivity index (χ3n) is 5.32. The summed E-state index contributed by atoms with van der Waals surface area (Å²) in [6.07, 6.45) is 0. The highest BCUT2D eigenvalue weighted by Gasteiger charge is 2.46. The van der Waals surface area contributed by atoms with E-state index in [4.69, 9.17) is 4.74 Å². The summed E-state index contributed by atoms with van der Waals surface area (Å²) < 4.78 is 31.6. The van der Waals surface area contributed by atoms with Crippen LogP contribution in [0.4, 0.5) is 0 Å². The van der Waals surface area contributed by atoms with Gasteiger partial charge in [-0.25, -0.2) is 13.2 Å². The van der Waals surface area contributed by atoms with Gasteiger partial charge in [0.05, 0.1) is 23.1 Å². The van der Waals surface area contributed by atoms with E-state index in [1.54, 1.807) is 67.6 Å². The second-order valence-corrected chi connectivity index (χ2v) is 9.38. The smallest absolute Gasteiger partial charge is 0.339 e. The number of rotatable bonds is 4. The highest BCUT2D eigenvalue weighted by molar-refractivity contribution is 7.90. The number of amides is 2. The first-order valence-corrected chi connectivity index (χ1v) is 11.9. The van der Waals surface area contributed by atoms with E-state index in [-0.39, 0.29) is 31.5 Å². The molecule has 1 aliphatic rings. The van der Waals surface area contributed by atoms with Crippen molar-refractivity contribution in [2.24, 2.45) is 0 Å². The lowest BCUT2D eigenvalue weighted by Crippen LogP contribution is -2.37. The molecular formula is C27H19NO6S. The number of hydrogen-bond donors (Lipinski definition) is 0. The number of methoxy groups -OCH3 is 1. The number of benzene rings is 3. The Labute approximate surface area is 202 Å². The lowest BCUT2D eigenvalue weighted by atomic mass is 10.0. The molecule has 0 radical (unpaired) electrons. The molecule has 174 valence electrons. The zero-order valence-corrected chi connectivity index (χ0v) is 19.6. The summed E-state index contributed by atoms with van der Waals surface area (Å²) in [7, 11) is -3.25. The van der Waals surface area contributed by atoms with Gasteiger partial charge in [-0.2, -0.15) is 4.31 Å². The van der Waals surface area contributed by atoms with Gasteiger partial charge in [0, 0.05) is 5.56 Å². The van der Waals surface area contributed by atoms with Crippen molar-refractivity contribution in [2.45, 2.75) is 11.8 Å². The molecule has 8 heteroatoms. The predicted octanol–water partition coefficient (Wildman–Crippen LogP) is 3.34. The topological polar surface area (TPSA) is 97.8 Å². The first-order chi connectivity index (χ1) is 16.8. The van der Waals surface area contributed by atoms with E-state index in [2.05, 4.69) is 11.8 Å². The maximum absolute atomic E-state index is 13.4. The standard InChI is InChI=1S/C27H19NO6S/c1-18-12-15-21(16-13-18)35(32,33)28-25(29)23(24(26(28)30)20-9-4-3-5-10-20)17-14-19-8-6-7-11-22(19)27(31)34-2/h3-13,15-16H,1-2H3. The van der Waals surface area contributed by atoms with Crippen LogP contribution in [0, 0.1) is 18.8 Å². The minimum absolute atomic E-state index is 0.130. The van der Waals surface area contributed by atoms with Gasteiger partial charge in [-0.3, -0.25) is 9.59 Å². The minimum atomic E-state index is -4.49. The Bertz CT molecular complexity index is 1540. The Hall–Kier alpha value is -4.48. The van der Waals surface area contributed by atoms with E-state index in [0.29, 0.717) is 5.56 Å². The van der Waals surface area contributed by atoms with Crippen molar-refractivity contribution in [3.05, 3.63) is 107 Å². The first kappa shape index (κ1) is 23.7. The van der Waals surface area contributed by atoms with Gasteiger partial charge in [-0.15, -0.1) is 0 Å². The summed E-state index contributed by atoms with van der Waals surface area (Å²) >= 11 is 0. The van der Waals surface area contributed by atoms with E-state index in [9.17, 15) is 22.8 Å². The molecule has 1 aliphatic heterocycles. The molecule has 0 bridgehead atoms. The van der Waals surface area contributed by atoms with Crippen LogP contribution in [0.5, 0.6) is 0 Å². The zero-order chi connectivity index (χ0) is 25.2. The molecule has 0 fully saturated rings. The summed E-state index contributed by atoms with van der Waals surface area (Å²) in [6.45, 7) is 1.79. The number of ether oxygens (including phenoxy) is 1. The Morgan fingerprint density at radius 3 is 2.11 bits per heavy atom. The van der Waals surface area contributed by atoms with E-state index in [0.717, 1.165) is 5.56 Å². The molecule has 0 spiro atoms. The molecule has 2 amide bonds. The van der Waals surface area contributed by atoms with E-state index in [1.165, 1.54) is 25.3 Å². The molecule has 4 rings (SSSR count). The number of esters is 1. The maximum atomic E-state index is 13.4. The van der Waals surface area contributed by atoms with Gasteiger partial charge in [-0.1, -0.05) is 72.0 Å². The van der Waals surface area contributed by atoms with Gasteiger partial charge in [0.25, 0.3) is 21.8 Å². The predicted molar refractivity (Wildman–Crippen MR) is 128 cm³/mol. The Morgan fingerprint density at radius 1 is 0.829 bits per heavy atom. The fourth-order valence-corrected chi connectivity index (χ4v) is 4.85. The van der Waals surface area contributed by atoms with Crippen molar-refractivity contribution in [3.63, 3.8) is 0 Å². The molecule has 3 aromatic rings. The summed E-state index contributed by atoms with van der Waals surface area (Å²) in [5, 5.41) is 0. The molecule has 0 aliphatic carbocycles. The first-order valence-electron chi connectivity index (χ1n) is 10.5. The molecule has 0 saturated carbocycles. The van der Waals surface area contributed by atoms with Crippen molar-refractivity contribution in [2.75, 3.05) is 7.11 Å². The number of aryl methyl sites for hydroxylation is 1. The number of hydrogen-bond acceptors (Lipinski definition) is 6. The number of nitrogens with zero attached hydrogens (tertiary/aromatic N) is 1. The van der Waals surface area contributed by atoms with Crippen molar-refractivity contribution in [1.29, 1.82) is 0 Å². The van der Waals surface area contributed by atoms with Crippen LogP contribution in [-0.4, -0.2) is 37.6 Å². The molecule has 1 heterocycles. The van der Waals surface area contributed by atoms with Gasteiger partial charge in [0.1, 0.15) is 5.57 Å². The van der Waals surface area contributed by atoms with Crippen LogP contribution >= 0.6 is 0 Å². The third-order valence-corrected chi connectivity index (χ3v) is 7.00. The van der Waals surface area contributed by atoms with E-state index >= 15 is 0 Å². The van der Waals surface area contributed by atoms with Gasteiger partial charge in [0.15, 0.2) is 0 Å². The van der Waals surface area contributed by atoms with Crippen molar-refractivity contribution < 1.29 is 27.5 Å². The van der Waals surface area contributed by atoms with Crippen LogP contribution in [0.15, 0.2) is 89.3 Å². The van der Waals surface area contributed by atoms with Crippen LogP contribution in [-0.2, 0) is 24.3 Å². The molecular weight excluding hydrogens is 466 g/mol. The van der Waals surface area contributed by atoms with E-state index < -0.39 is 27.8 Å². The molecule has 0 N–H and O–H groups in total. The van der Waals surface area contributed by atoms with Crippen LogP contribution in [0.3, 0.4) is 0 Å². The zero-order valence-electron chi connectivity index (χ0n) is 18.8. The number of imide groups is 1.